The maximum atomic E-state index is 9.97. The van der Waals surface area contributed by atoms with Crippen LogP contribution >= 0.6 is 0 Å². The molecule has 0 amide bonds. The monoisotopic (exact) mass is 279 g/mol. The van der Waals surface area contributed by atoms with Gasteiger partial charge in [-0.25, -0.2) is 0 Å². The number of aryl methyl sites for hydroxylation is 1. The van der Waals surface area contributed by atoms with E-state index >= 15 is 0 Å². The van der Waals surface area contributed by atoms with Crippen LogP contribution in [-0.2, 0) is 0 Å². The number of ether oxygens (including phenoxy) is 1. The van der Waals surface area contributed by atoms with Gasteiger partial charge in [0, 0.05) is 12.1 Å². The summed E-state index contributed by atoms with van der Waals surface area (Å²) in [5.41, 5.74) is 0.996. The fourth-order valence-corrected chi connectivity index (χ4v) is 2.66. The van der Waals surface area contributed by atoms with Gasteiger partial charge in [-0.05, 0) is 31.9 Å². The summed E-state index contributed by atoms with van der Waals surface area (Å²) >= 11 is 0. The Morgan fingerprint density at radius 3 is 2.50 bits per heavy atom. The third kappa shape index (κ3) is 4.20. The minimum absolute atomic E-state index is 0.137. The molecule has 2 rings (SSSR count). The lowest BCUT2D eigenvalue weighted by Crippen LogP contribution is -2.49. The van der Waals surface area contributed by atoms with Crippen LogP contribution in [0.25, 0.3) is 0 Å². The predicted molar refractivity (Wildman–Crippen MR) is 79.0 cm³/mol. The smallest absolute Gasteiger partial charge is 0.119 e. The van der Waals surface area contributed by atoms with E-state index in [-0.39, 0.29) is 18.8 Å². The summed E-state index contributed by atoms with van der Waals surface area (Å²) in [5.74, 6) is 0.771. The van der Waals surface area contributed by atoms with E-state index in [1.54, 1.807) is 0 Å². The first-order valence-electron chi connectivity index (χ1n) is 7.37. The SMILES string of the molecule is Cc1ccc(OCC(O)CNC2(CO)CCCC2)cc1. The molecule has 0 spiro atoms. The maximum absolute atomic E-state index is 9.97. The van der Waals surface area contributed by atoms with Crippen LogP contribution in [0.2, 0.25) is 0 Å². The summed E-state index contributed by atoms with van der Waals surface area (Å²) in [5, 5.41) is 22.8. The largest absolute Gasteiger partial charge is 0.491 e. The molecule has 0 bridgehead atoms. The Balaban J connectivity index is 1.72. The zero-order valence-corrected chi connectivity index (χ0v) is 12.1. The van der Waals surface area contributed by atoms with Crippen molar-refractivity contribution in [2.45, 2.75) is 44.2 Å². The zero-order chi connectivity index (χ0) is 14.4. The summed E-state index contributed by atoms with van der Waals surface area (Å²) in [6.45, 7) is 2.88. The Morgan fingerprint density at radius 2 is 1.90 bits per heavy atom. The van der Waals surface area contributed by atoms with Crippen LogP contribution in [0.3, 0.4) is 0 Å². The molecule has 20 heavy (non-hydrogen) atoms. The van der Waals surface area contributed by atoms with Crippen LogP contribution in [0.1, 0.15) is 31.2 Å². The van der Waals surface area contributed by atoms with Gasteiger partial charge in [0.15, 0.2) is 0 Å². The number of β-amino-alcohol motifs (C(OH)–C–C–N with tert-alkyl or cyclic N) is 1. The van der Waals surface area contributed by atoms with Crippen molar-refractivity contribution in [1.82, 2.24) is 5.32 Å². The van der Waals surface area contributed by atoms with E-state index in [2.05, 4.69) is 5.32 Å². The number of hydrogen-bond acceptors (Lipinski definition) is 4. The van der Waals surface area contributed by atoms with Gasteiger partial charge in [-0.15, -0.1) is 0 Å². The highest BCUT2D eigenvalue weighted by atomic mass is 16.5. The maximum Gasteiger partial charge on any atom is 0.119 e. The van der Waals surface area contributed by atoms with Crippen LogP contribution in [0.4, 0.5) is 0 Å². The highest BCUT2D eigenvalue weighted by Gasteiger charge is 2.32. The second-order valence-electron chi connectivity index (χ2n) is 5.80. The average Bonchev–Trinajstić information content (AvgIpc) is 2.94. The molecule has 4 nitrogen and oxygen atoms in total. The first-order chi connectivity index (χ1) is 9.63. The molecule has 1 unspecified atom stereocenters. The van der Waals surface area contributed by atoms with E-state index in [0.717, 1.165) is 31.4 Å². The van der Waals surface area contributed by atoms with Gasteiger partial charge < -0.3 is 20.3 Å². The number of rotatable bonds is 7. The minimum atomic E-state index is -0.569. The van der Waals surface area contributed by atoms with Gasteiger partial charge in [-0.3, -0.25) is 0 Å². The molecule has 0 heterocycles. The van der Waals surface area contributed by atoms with Gasteiger partial charge in [0.1, 0.15) is 18.5 Å². The summed E-state index contributed by atoms with van der Waals surface area (Å²) in [6.07, 6.45) is 3.68. The van der Waals surface area contributed by atoms with Crippen molar-refractivity contribution in [3.8, 4) is 5.75 Å². The topological polar surface area (TPSA) is 61.7 Å². The molecule has 1 fully saturated rings. The average molecular weight is 279 g/mol. The van der Waals surface area contributed by atoms with Crippen LogP contribution < -0.4 is 10.1 Å². The van der Waals surface area contributed by atoms with E-state index in [1.165, 1.54) is 5.56 Å². The molecule has 4 heteroatoms. The number of aliphatic hydroxyl groups excluding tert-OH is 2. The predicted octanol–water partition coefficient (Wildman–Crippen LogP) is 1.63. The van der Waals surface area contributed by atoms with Gasteiger partial charge in [-0.2, -0.15) is 0 Å². The van der Waals surface area contributed by atoms with Gasteiger partial charge in [0.05, 0.1) is 6.61 Å². The molecule has 1 saturated carbocycles. The number of hydrogen-bond donors (Lipinski definition) is 3. The van der Waals surface area contributed by atoms with Crippen molar-refractivity contribution in [1.29, 1.82) is 0 Å². The summed E-state index contributed by atoms with van der Waals surface area (Å²) in [7, 11) is 0. The van der Waals surface area contributed by atoms with E-state index in [4.69, 9.17) is 4.74 Å². The standard InChI is InChI=1S/C16H25NO3/c1-13-4-6-15(7-5-13)20-11-14(19)10-17-16(12-18)8-2-3-9-16/h4-7,14,17-19H,2-3,8-12H2,1H3. The molecule has 1 aromatic rings. The fraction of sp³-hybridized carbons (Fsp3) is 0.625. The van der Waals surface area contributed by atoms with Crippen molar-refractivity contribution in [3.05, 3.63) is 29.8 Å². The molecule has 0 radical (unpaired) electrons. The van der Waals surface area contributed by atoms with Crippen molar-refractivity contribution >= 4 is 0 Å². The van der Waals surface area contributed by atoms with E-state index in [1.807, 2.05) is 31.2 Å². The number of aliphatic hydroxyl groups is 2. The number of benzene rings is 1. The molecule has 1 aliphatic rings. The second-order valence-corrected chi connectivity index (χ2v) is 5.80. The van der Waals surface area contributed by atoms with Crippen LogP contribution in [0.5, 0.6) is 5.75 Å². The quantitative estimate of drug-likeness (QED) is 0.710. The van der Waals surface area contributed by atoms with Gasteiger partial charge in [0.2, 0.25) is 0 Å². The molecule has 0 aliphatic heterocycles. The van der Waals surface area contributed by atoms with Gasteiger partial charge in [-0.1, -0.05) is 30.5 Å². The third-order valence-corrected chi connectivity index (χ3v) is 4.04. The fourth-order valence-electron chi connectivity index (χ4n) is 2.66. The summed E-state index contributed by atoms with van der Waals surface area (Å²) in [4.78, 5) is 0. The second kappa shape index (κ2) is 7.07. The first-order valence-corrected chi connectivity index (χ1v) is 7.37. The van der Waals surface area contributed by atoms with Crippen molar-refractivity contribution in [2.75, 3.05) is 19.8 Å². The Labute approximate surface area is 120 Å². The van der Waals surface area contributed by atoms with E-state index < -0.39 is 6.10 Å². The van der Waals surface area contributed by atoms with Crippen LogP contribution in [0.15, 0.2) is 24.3 Å². The van der Waals surface area contributed by atoms with Crippen molar-refractivity contribution < 1.29 is 14.9 Å². The van der Waals surface area contributed by atoms with Crippen LogP contribution in [0, 0.1) is 6.92 Å². The summed E-state index contributed by atoms with van der Waals surface area (Å²) in [6, 6.07) is 7.78. The van der Waals surface area contributed by atoms with Crippen LogP contribution in [-0.4, -0.2) is 41.6 Å². The zero-order valence-electron chi connectivity index (χ0n) is 12.1. The van der Waals surface area contributed by atoms with Gasteiger partial charge in [0.25, 0.3) is 0 Å². The third-order valence-electron chi connectivity index (χ3n) is 4.04. The molecule has 1 atom stereocenters. The highest BCUT2D eigenvalue weighted by Crippen LogP contribution is 2.28. The molecule has 1 aliphatic carbocycles. The molecular weight excluding hydrogens is 254 g/mol. The lowest BCUT2D eigenvalue weighted by atomic mass is 9.99. The van der Waals surface area contributed by atoms with Crippen molar-refractivity contribution in [2.24, 2.45) is 0 Å². The van der Waals surface area contributed by atoms with Crippen molar-refractivity contribution in [3.63, 3.8) is 0 Å². The summed E-state index contributed by atoms with van der Waals surface area (Å²) < 4.78 is 5.55. The molecular formula is C16H25NO3. The number of nitrogens with one attached hydrogen (secondary N) is 1. The van der Waals surface area contributed by atoms with E-state index in [0.29, 0.717) is 6.54 Å². The molecule has 112 valence electrons. The normalized spacial score (nSPS) is 18.9. The molecule has 0 aromatic heterocycles. The van der Waals surface area contributed by atoms with E-state index in [9.17, 15) is 10.2 Å². The highest BCUT2D eigenvalue weighted by molar-refractivity contribution is 5.26. The molecule has 0 saturated heterocycles. The Bertz CT molecular complexity index is 399. The first kappa shape index (κ1) is 15.3. The van der Waals surface area contributed by atoms with Gasteiger partial charge >= 0.3 is 0 Å². The molecule has 1 aromatic carbocycles. The minimum Gasteiger partial charge on any atom is -0.491 e. The Morgan fingerprint density at radius 1 is 1.25 bits per heavy atom. The lowest BCUT2D eigenvalue weighted by Gasteiger charge is -2.29. The lowest BCUT2D eigenvalue weighted by molar-refractivity contribution is 0.0850. The Kier molecular flexibility index (Phi) is 5.40. The molecule has 3 N–H and O–H groups in total. The Hall–Kier alpha value is -1.10.